The Labute approximate surface area is 173 Å². The molecule has 0 atom stereocenters. The molecule has 3 aromatic heterocycles. The van der Waals surface area contributed by atoms with Crippen LogP contribution in [0.4, 0.5) is 0 Å². The summed E-state index contributed by atoms with van der Waals surface area (Å²) in [5.74, 6) is -0.315. The Morgan fingerprint density at radius 3 is 2.32 bits per heavy atom. The van der Waals surface area contributed by atoms with Crippen molar-refractivity contribution in [3.05, 3.63) is 81.3 Å². The molecule has 1 aliphatic carbocycles. The van der Waals surface area contributed by atoms with Gasteiger partial charge in [-0.3, -0.25) is 14.6 Å². The summed E-state index contributed by atoms with van der Waals surface area (Å²) in [5, 5.41) is 0.480. The van der Waals surface area contributed by atoms with Crippen molar-refractivity contribution in [2.75, 3.05) is 0 Å². The van der Waals surface area contributed by atoms with E-state index in [1.54, 1.807) is 23.7 Å². The van der Waals surface area contributed by atoms with Gasteiger partial charge in [0.2, 0.25) is 0 Å². The quantitative estimate of drug-likeness (QED) is 0.278. The molecule has 0 amide bonds. The molecule has 0 radical (unpaired) electrons. The predicted octanol–water partition coefficient (Wildman–Crippen LogP) is 6.33. The van der Waals surface area contributed by atoms with Gasteiger partial charge in [-0.2, -0.15) is 0 Å². The van der Waals surface area contributed by atoms with Crippen LogP contribution >= 0.6 is 34.5 Å². The maximum absolute atomic E-state index is 12.6. The van der Waals surface area contributed by atoms with Gasteiger partial charge in [-0.05, 0) is 24.3 Å². The van der Waals surface area contributed by atoms with Crippen molar-refractivity contribution < 1.29 is 14.0 Å². The molecule has 0 unspecified atom stereocenters. The Kier molecular flexibility index (Phi) is 3.98. The van der Waals surface area contributed by atoms with E-state index in [9.17, 15) is 9.59 Å². The van der Waals surface area contributed by atoms with Crippen LogP contribution in [0, 0.1) is 0 Å². The van der Waals surface area contributed by atoms with Gasteiger partial charge >= 0.3 is 0 Å². The van der Waals surface area contributed by atoms with Gasteiger partial charge in [0.1, 0.15) is 11.3 Å². The molecule has 4 aromatic rings. The highest BCUT2D eigenvalue weighted by molar-refractivity contribution is 7.22. The van der Waals surface area contributed by atoms with E-state index >= 15 is 0 Å². The Bertz CT molecular complexity index is 1240. The smallest absolute Gasteiger partial charge is 0.197 e. The monoisotopic (exact) mass is 425 g/mol. The second kappa shape index (κ2) is 6.41. The number of hydrogen-bond donors (Lipinski definition) is 0. The molecule has 0 aliphatic heterocycles. The topological polar surface area (TPSA) is 60.2 Å². The fourth-order valence-corrected chi connectivity index (χ4v) is 4.51. The number of Topliss-reactive ketones (excluding diaryl/α,β-unsaturated/α-hetero) is 2. The number of pyridine rings is 1. The lowest BCUT2D eigenvalue weighted by atomic mass is 10.1. The summed E-state index contributed by atoms with van der Waals surface area (Å²) in [5.41, 5.74) is 2.26. The summed E-state index contributed by atoms with van der Waals surface area (Å²) < 4.78 is 6.76. The van der Waals surface area contributed by atoms with Crippen molar-refractivity contribution in [2.24, 2.45) is 0 Å². The molecule has 0 fully saturated rings. The van der Waals surface area contributed by atoms with E-state index in [0.29, 0.717) is 11.3 Å². The summed E-state index contributed by atoms with van der Waals surface area (Å²) in [6.45, 7) is 0. The largest absolute Gasteiger partial charge is 0.456 e. The first-order chi connectivity index (χ1) is 13.5. The van der Waals surface area contributed by atoms with Crippen LogP contribution in [0.2, 0.25) is 10.0 Å². The minimum absolute atomic E-state index is 0.0437. The number of aromatic nitrogens is 1. The van der Waals surface area contributed by atoms with Crippen molar-refractivity contribution in [3.8, 4) is 10.4 Å². The highest BCUT2D eigenvalue weighted by Gasteiger charge is 2.34. The minimum Gasteiger partial charge on any atom is -0.456 e. The van der Waals surface area contributed by atoms with Crippen LogP contribution in [0.5, 0.6) is 0 Å². The van der Waals surface area contributed by atoms with E-state index in [-0.39, 0.29) is 38.3 Å². The first kappa shape index (κ1) is 17.4. The van der Waals surface area contributed by atoms with Gasteiger partial charge in [-0.25, -0.2) is 0 Å². The third kappa shape index (κ3) is 2.71. The first-order valence-electron chi connectivity index (χ1n) is 8.25. The van der Waals surface area contributed by atoms with E-state index in [2.05, 4.69) is 4.98 Å². The fraction of sp³-hybridized carbons (Fsp3) is 0. The number of halogens is 2. The molecule has 1 aliphatic rings. The first-order valence-corrected chi connectivity index (χ1v) is 9.82. The van der Waals surface area contributed by atoms with Crippen LogP contribution < -0.4 is 0 Å². The number of allylic oxidation sites excluding steroid dienone is 1. The zero-order valence-corrected chi connectivity index (χ0v) is 16.4. The Balaban J connectivity index is 1.53. The van der Waals surface area contributed by atoms with Gasteiger partial charge in [-0.1, -0.05) is 29.3 Å². The van der Waals surface area contributed by atoms with Crippen LogP contribution in [0.15, 0.2) is 58.8 Å². The number of nitrogens with zero attached hydrogens (tertiary/aromatic N) is 1. The lowest BCUT2D eigenvalue weighted by Crippen LogP contribution is -1.99. The predicted molar refractivity (Wildman–Crippen MR) is 110 cm³/mol. The van der Waals surface area contributed by atoms with E-state index in [1.165, 1.54) is 18.2 Å². The highest BCUT2D eigenvalue weighted by Crippen LogP contribution is 2.37. The molecule has 28 heavy (non-hydrogen) atoms. The Morgan fingerprint density at radius 1 is 1.00 bits per heavy atom. The van der Waals surface area contributed by atoms with Crippen LogP contribution in [0.3, 0.4) is 0 Å². The number of furan rings is 1. The van der Waals surface area contributed by atoms with E-state index < -0.39 is 0 Å². The number of fused-ring (bicyclic) bond motifs is 2. The van der Waals surface area contributed by atoms with Gasteiger partial charge in [0.25, 0.3) is 0 Å². The van der Waals surface area contributed by atoms with E-state index in [0.717, 1.165) is 15.1 Å². The van der Waals surface area contributed by atoms with Gasteiger partial charge in [0.05, 0.1) is 20.3 Å². The third-order valence-electron chi connectivity index (χ3n) is 4.50. The molecule has 1 aromatic carbocycles. The molecular formula is C21H9Cl2NO3S. The molecule has 0 saturated heterocycles. The van der Waals surface area contributed by atoms with Crippen LogP contribution in [-0.4, -0.2) is 16.6 Å². The fourth-order valence-electron chi connectivity index (χ4n) is 3.17. The van der Waals surface area contributed by atoms with Gasteiger partial charge in [-0.15, -0.1) is 11.3 Å². The van der Waals surface area contributed by atoms with Crippen molar-refractivity contribution in [3.63, 3.8) is 0 Å². The second-order valence-electron chi connectivity index (χ2n) is 6.26. The normalized spacial score (nSPS) is 13.4. The lowest BCUT2D eigenvalue weighted by molar-refractivity contribution is 0.0990. The summed E-state index contributed by atoms with van der Waals surface area (Å²) in [6, 6.07) is 10.5. The van der Waals surface area contributed by atoms with Crippen molar-refractivity contribution in [1.82, 2.24) is 4.98 Å². The van der Waals surface area contributed by atoms with Crippen molar-refractivity contribution in [1.29, 1.82) is 0 Å². The van der Waals surface area contributed by atoms with Crippen molar-refractivity contribution in [2.45, 2.75) is 0 Å². The molecule has 7 heteroatoms. The number of hydrogen-bond acceptors (Lipinski definition) is 5. The number of carbonyl (C=O) groups excluding carboxylic acids is 2. The average molecular weight is 426 g/mol. The Morgan fingerprint density at radius 2 is 1.71 bits per heavy atom. The molecule has 0 saturated carbocycles. The molecule has 5 rings (SSSR count). The SMILES string of the molecule is O=C1C(=Cc2cc3sc(-c4cccnc4)cc3o2)C(=O)c2cc(Cl)c(Cl)cc21. The average Bonchev–Trinajstić information content (AvgIpc) is 3.31. The van der Waals surface area contributed by atoms with Gasteiger partial charge in [0, 0.05) is 46.1 Å². The summed E-state index contributed by atoms with van der Waals surface area (Å²) in [6.07, 6.45) is 4.99. The summed E-state index contributed by atoms with van der Waals surface area (Å²) in [7, 11) is 0. The molecule has 0 N–H and O–H groups in total. The highest BCUT2D eigenvalue weighted by atomic mass is 35.5. The molecule has 0 spiro atoms. The maximum atomic E-state index is 12.6. The molecule has 4 nitrogen and oxygen atoms in total. The standard InChI is InChI=1S/C21H9Cl2NO3S/c22-15-6-12-13(7-16(15)23)21(26)14(20(12)25)4-11-5-19-17(27-11)8-18(28-19)10-2-1-3-24-9-10/h1-9H. The third-order valence-corrected chi connectivity index (χ3v) is 6.33. The van der Waals surface area contributed by atoms with Crippen LogP contribution in [0.1, 0.15) is 26.5 Å². The van der Waals surface area contributed by atoms with Gasteiger partial charge in [0.15, 0.2) is 11.6 Å². The minimum atomic E-state index is -0.380. The lowest BCUT2D eigenvalue weighted by Gasteiger charge is -1.98. The van der Waals surface area contributed by atoms with Crippen LogP contribution in [0.25, 0.3) is 26.8 Å². The second-order valence-corrected chi connectivity index (χ2v) is 8.16. The zero-order valence-electron chi connectivity index (χ0n) is 14.0. The number of rotatable bonds is 2. The molecule has 3 heterocycles. The van der Waals surface area contributed by atoms with Gasteiger partial charge < -0.3 is 4.42 Å². The Hall–Kier alpha value is -2.73. The maximum Gasteiger partial charge on any atom is 0.197 e. The van der Waals surface area contributed by atoms with Crippen LogP contribution in [-0.2, 0) is 0 Å². The zero-order chi connectivity index (χ0) is 19.4. The number of carbonyl (C=O) groups is 2. The number of ketones is 2. The van der Waals surface area contributed by atoms with E-state index in [4.69, 9.17) is 27.6 Å². The number of benzene rings is 1. The number of thiophene rings is 1. The van der Waals surface area contributed by atoms with E-state index in [1.807, 2.05) is 24.3 Å². The summed E-state index contributed by atoms with van der Waals surface area (Å²) in [4.78, 5) is 30.4. The molecule has 0 bridgehead atoms. The molecular weight excluding hydrogens is 417 g/mol. The van der Waals surface area contributed by atoms with Crippen molar-refractivity contribution >= 4 is 62.5 Å². The molecule has 136 valence electrons. The summed E-state index contributed by atoms with van der Waals surface area (Å²) >= 11 is 13.5.